The fourth-order valence-electron chi connectivity index (χ4n) is 3.87. The zero-order valence-corrected chi connectivity index (χ0v) is 19.3. The van der Waals surface area contributed by atoms with Crippen LogP contribution in [0.2, 0.25) is 5.02 Å². The second-order valence-electron chi connectivity index (χ2n) is 7.85. The molecule has 168 valence electrons. The van der Waals surface area contributed by atoms with Gasteiger partial charge in [0.2, 0.25) is 10.0 Å². The molecule has 1 aliphatic rings. The molecule has 1 fully saturated rings. The minimum atomic E-state index is -3.63. The van der Waals surface area contributed by atoms with E-state index in [4.69, 9.17) is 11.6 Å². The van der Waals surface area contributed by atoms with E-state index in [-0.39, 0.29) is 16.4 Å². The van der Waals surface area contributed by atoms with Crippen molar-refractivity contribution in [1.82, 2.24) is 19.2 Å². The lowest BCUT2D eigenvalue weighted by atomic mass is 10.1. The number of hydrogen-bond acceptors (Lipinski definition) is 4. The number of hydrogen-bond donors (Lipinski definition) is 1. The number of carbonyl (C=O) groups is 1. The van der Waals surface area contributed by atoms with Crippen molar-refractivity contribution in [3.05, 3.63) is 82.9 Å². The van der Waals surface area contributed by atoms with Crippen LogP contribution in [-0.4, -0.2) is 41.3 Å². The van der Waals surface area contributed by atoms with Crippen molar-refractivity contribution < 1.29 is 13.2 Å². The molecule has 1 atom stereocenters. The maximum Gasteiger partial charge on any atom is 0.252 e. The molecule has 1 aliphatic heterocycles. The van der Waals surface area contributed by atoms with E-state index in [0.29, 0.717) is 23.9 Å². The summed E-state index contributed by atoms with van der Waals surface area (Å²) in [5, 5.41) is 3.59. The summed E-state index contributed by atoms with van der Waals surface area (Å²) in [6, 6.07) is 12.8. The van der Waals surface area contributed by atoms with Crippen molar-refractivity contribution in [2.45, 2.75) is 30.2 Å². The molecule has 0 saturated carbocycles. The molecule has 4 rings (SSSR count). The Morgan fingerprint density at radius 2 is 1.81 bits per heavy atom. The molecule has 32 heavy (non-hydrogen) atoms. The van der Waals surface area contributed by atoms with E-state index >= 15 is 0 Å². The largest absolute Gasteiger partial charge is 0.338 e. The highest BCUT2D eigenvalue weighted by atomic mass is 35.5. The summed E-state index contributed by atoms with van der Waals surface area (Å²) >= 11 is 6.03. The predicted octanol–water partition coefficient (Wildman–Crippen LogP) is 3.77. The molecule has 2 heterocycles. The summed E-state index contributed by atoms with van der Waals surface area (Å²) in [6.07, 6.45) is 6.21. The van der Waals surface area contributed by atoms with Gasteiger partial charge in [-0.05, 0) is 48.7 Å². The number of amides is 1. The topological polar surface area (TPSA) is 84.3 Å². The van der Waals surface area contributed by atoms with Gasteiger partial charge < -0.3 is 9.88 Å². The van der Waals surface area contributed by atoms with Crippen molar-refractivity contribution in [2.24, 2.45) is 7.05 Å². The molecule has 3 aromatic rings. The third-order valence-electron chi connectivity index (χ3n) is 5.64. The molecule has 9 heteroatoms. The van der Waals surface area contributed by atoms with Gasteiger partial charge in [-0.2, -0.15) is 4.31 Å². The third-order valence-corrected chi connectivity index (χ3v) is 7.79. The maximum atomic E-state index is 13.2. The lowest BCUT2D eigenvalue weighted by molar-refractivity contribution is 0.0941. The van der Waals surface area contributed by atoms with E-state index in [0.717, 1.165) is 24.8 Å². The summed E-state index contributed by atoms with van der Waals surface area (Å²) in [7, 11) is -1.78. The van der Waals surface area contributed by atoms with E-state index in [2.05, 4.69) is 10.3 Å². The van der Waals surface area contributed by atoms with Gasteiger partial charge in [-0.3, -0.25) is 4.79 Å². The highest BCUT2D eigenvalue weighted by Crippen LogP contribution is 2.24. The van der Waals surface area contributed by atoms with Crippen LogP contribution >= 0.6 is 11.6 Å². The first-order valence-electron chi connectivity index (χ1n) is 10.5. The Balaban J connectivity index is 1.62. The fourth-order valence-corrected chi connectivity index (χ4v) is 5.56. The van der Waals surface area contributed by atoms with Gasteiger partial charge in [-0.1, -0.05) is 36.2 Å². The van der Waals surface area contributed by atoms with E-state index in [1.807, 2.05) is 23.7 Å². The number of nitrogens with zero attached hydrogens (tertiary/aromatic N) is 3. The average Bonchev–Trinajstić information content (AvgIpc) is 3.24. The van der Waals surface area contributed by atoms with Crippen LogP contribution in [-0.2, 0) is 17.1 Å². The number of imidazole rings is 1. The van der Waals surface area contributed by atoms with Crippen LogP contribution in [0.25, 0.3) is 0 Å². The molecular formula is C23H25ClN4O3S. The van der Waals surface area contributed by atoms with E-state index in [1.165, 1.54) is 16.4 Å². The third kappa shape index (κ3) is 4.72. The van der Waals surface area contributed by atoms with Crippen LogP contribution in [0.1, 0.15) is 47.1 Å². The van der Waals surface area contributed by atoms with E-state index < -0.39 is 16.1 Å². The van der Waals surface area contributed by atoms with Crippen LogP contribution in [0, 0.1) is 0 Å². The lowest BCUT2D eigenvalue weighted by Crippen LogP contribution is -2.36. The van der Waals surface area contributed by atoms with Gasteiger partial charge in [0.05, 0.1) is 4.90 Å². The summed E-state index contributed by atoms with van der Waals surface area (Å²) in [5.41, 5.74) is 1.09. The molecule has 1 N–H and O–H groups in total. The van der Waals surface area contributed by atoms with Crippen LogP contribution in [0.15, 0.2) is 65.8 Å². The Morgan fingerprint density at radius 1 is 1.09 bits per heavy atom. The van der Waals surface area contributed by atoms with Gasteiger partial charge in [0.25, 0.3) is 5.91 Å². The van der Waals surface area contributed by atoms with Gasteiger partial charge >= 0.3 is 0 Å². The molecule has 1 amide bonds. The Hall–Kier alpha value is -2.68. The minimum absolute atomic E-state index is 0.132. The zero-order valence-electron chi connectivity index (χ0n) is 17.7. The number of piperidine rings is 1. The fraction of sp³-hybridized carbons (Fsp3) is 0.304. The quantitative estimate of drug-likeness (QED) is 0.592. The number of aromatic nitrogens is 2. The van der Waals surface area contributed by atoms with Crippen molar-refractivity contribution in [3.63, 3.8) is 0 Å². The number of halogens is 1. The number of aryl methyl sites for hydroxylation is 1. The average molecular weight is 473 g/mol. The maximum absolute atomic E-state index is 13.2. The molecule has 0 aliphatic carbocycles. The van der Waals surface area contributed by atoms with E-state index in [1.54, 1.807) is 36.7 Å². The van der Waals surface area contributed by atoms with Crippen LogP contribution in [0.3, 0.4) is 0 Å². The van der Waals surface area contributed by atoms with Gasteiger partial charge in [0, 0.05) is 43.1 Å². The number of nitrogens with one attached hydrogen (secondary N) is 1. The zero-order chi connectivity index (χ0) is 22.7. The summed E-state index contributed by atoms with van der Waals surface area (Å²) in [5.74, 6) is 0.265. The van der Waals surface area contributed by atoms with Crippen LogP contribution in [0.5, 0.6) is 0 Å². The molecular weight excluding hydrogens is 448 g/mol. The van der Waals surface area contributed by atoms with Crippen LogP contribution in [0.4, 0.5) is 0 Å². The minimum Gasteiger partial charge on any atom is -0.338 e. The number of benzene rings is 2. The standard InChI is InChI=1S/C23H25ClN4O3S/c1-27-15-12-25-22(27)21(17-8-10-19(24)11-9-17)26-23(29)18-6-5-7-20(16-18)32(30,31)28-13-3-2-4-14-28/h5-12,15-16,21H,2-4,13-14H2,1H3,(H,26,29)/t21-/m1/s1. The Bertz CT molecular complexity index is 1200. The highest BCUT2D eigenvalue weighted by Gasteiger charge is 2.27. The molecule has 7 nitrogen and oxygen atoms in total. The van der Waals surface area contributed by atoms with Gasteiger partial charge in [0.15, 0.2) is 0 Å². The van der Waals surface area contributed by atoms with Gasteiger partial charge in [-0.15, -0.1) is 0 Å². The predicted molar refractivity (Wildman–Crippen MR) is 123 cm³/mol. The molecule has 0 spiro atoms. The van der Waals surface area contributed by atoms with Gasteiger partial charge in [-0.25, -0.2) is 13.4 Å². The highest BCUT2D eigenvalue weighted by molar-refractivity contribution is 7.89. The Morgan fingerprint density at radius 3 is 2.47 bits per heavy atom. The van der Waals surface area contributed by atoms with Gasteiger partial charge in [0.1, 0.15) is 11.9 Å². The van der Waals surface area contributed by atoms with Crippen molar-refractivity contribution in [2.75, 3.05) is 13.1 Å². The molecule has 1 aromatic heterocycles. The molecule has 0 bridgehead atoms. The van der Waals surface area contributed by atoms with E-state index in [9.17, 15) is 13.2 Å². The number of rotatable bonds is 6. The normalized spacial score (nSPS) is 15.9. The Kier molecular flexibility index (Phi) is 6.64. The molecule has 0 radical (unpaired) electrons. The van der Waals surface area contributed by atoms with Crippen molar-refractivity contribution in [3.8, 4) is 0 Å². The first-order valence-corrected chi connectivity index (χ1v) is 12.3. The SMILES string of the molecule is Cn1ccnc1[C@H](NC(=O)c1cccc(S(=O)(=O)N2CCCCC2)c1)c1ccc(Cl)cc1. The smallest absolute Gasteiger partial charge is 0.252 e. The summed E-state index contributed by atoms with van der Waals surface area (Å²) in [6.45, 7) is 1.02. The first kappa shape index (κ1) is 22.5. The van der Waals surface area contributed by atoms with Crippen molar-refractivity contribution >= 4 is 27.5 Å². The second kappa shape index (κ2) is 9.44. The first-order chi connectivity index (χ1) is 15.4. The summed E-state index contributed by atoms with van der Waals surface area (Å²) in [4.78, 5) is 17.7. The van der Waals surface area contributed by atoms with Crippen LogP contribution < -0.4 is 5.32 Å². The molecule has 2 aromatic carbocycles. The Labute approximate surface area is 193 Å². The molecule has 0 unspecified atom stereocenters. The number of carbonyl (C=O) groups excluding carboxylic acids is 1. The monoisotopic (exact) mass is 472 g/mol. The summed E-state index contributed by atoms with van der Waals surface area (Å²) < 4.78 is 29.4. The second-order valence-corrected chi connectivity index (χ2v) is 10.2. The molecule has 1 saturated heterocycles. The van der Waals surface area contributed by atoms with Crippen molar-refractivity contribution in [1.29, 1.82) is 0 Å². The lowest BCUT2D eigenvalue weighted by Gasteiger charge is -2.26. The number of sulfonamides is 1.